The minimum Gasteiger partial charge on any atom is -0.480 e. The smallest absolute Gasteiger partial charge is 0.323 e. The van der Waals surface area contributed by atoms with Crippen molar-refractivity contribution in [2.45, 2.75) is 25.3 Å². The van der Waals surface area contributed by atoms with Crippen LogP contribution in [0.4, 0.5) is 0 Å². The van der Waals surface area contributed by atoms with Gasteiger partial charge >= 0.3 is 5.97 Å². The Kier molecular flexibility index (Phi) is 5.47. The lowest BCUT2D eigenvalue weighted by Crippen LogP contribution is -2.50. The van der Waals surface area contributed by atoms with Crippen molar-refractivity contribution in [1.82, 2.24) is 19.2 Å². The van der Waals surface area contributed by atoms with E-state index < -0.39 is 22.5 Å². The van der Waals surface area contributed by atoms with Crippen molar-refractivity contribution in [3.05, 3.63) is 30.1 Å². The van der Waals surface area contributed by atoms with E-state index in [0.717, 1.165) is 17.2 Å². The molecule has 146 valence electrons. The van der Waals surface area contributed by atoms with Gasteiger partial charge in [0.05, 0.1) is 12.7 Å². The SMILES string of the molecule is CS(=O)(=O)N1CCC(N(CC(=O)O)C(=O)Cc2c[nH]c3ncccc23)CC1. The number of aromatic nitrogens is 2. The van der Waals surface area contributed by atoms with Crippen molar-refractivity contribution in [2.24, 2.45) is 0 Å². The zero-order chi connectivity index (χ0) is 19.6. The van der Waals surface area contributed by atoms with Crippen LogP contribution in [0, 0.1) is 0 Å². The monoisotopic (exact) mass is 394 g/mol. The molecule has 27 heavy (non-hydrogen) atoms. The summed E-state index contributed by atoms with van der Waals surface area (Å²) in [4.78, 5) is 32.7. The predicted molar refractivity (Wildman–Crippen MR) is 98.6 cm³/mol. The third kappa shape index (κ3) is 4.45. The summed E-state index contributed by atoms with van der Waals surface area (Å²) in [6.07, 6.45) is 5.41. The maximum absolute atomic E-state index is 12.9. The Balaban J connectivity index is 1.74. The minimum atomic E-state index is -3.28. The Bertz CT molecular complexity index is 947. The van der Waals surface area contributed by atoms with Crippen LogP contribution in [0.5, 0.6) is 0 Å². The summed E-state index contributed by atoms with van der Waals surface area (Å²) in [5.74, 6) is -1.38. The van der Waals surface area contributed by atoms with Crippen LogP contribution >= 0.6 is 0 Å². The molecular formula is C17H22N4O5S. The molecule has 0 bridgehead atoms. The number of pyridine rings is 1. The third-order valence-corrected chi connectivity index (χ3v) is 6.14. The van der Waals surface area contributed by atoms with Crippen molar-refractivity contribution in [2.75, 3.05) is 25.9 Å². The number of carboxylic acid groups (broad SMARTS) is 1. The van der Waals surface area contributed by atoms with E-state index in [1.807, 2.05) is 6.07 Å². The number of piperidine rings is 1. The second-order valence-corrected chi connectivity index (χ2v) is 8.68. The van der Waals surface area contributed by atoms with Gasteiger partial charge in [0.15, 0.2) is 0 Å². The molecule has 1 aliphatic rings. The fourth-order valence-corrected chi connectivity index (χ4v) is 4.35. The van der Waals surface area contributed by atoms with Crippen LogP contribution in [0.2, 0.25) is 0 Å². The minimum absolute atomic E-state index is 0.0608. The van der Waals surface area contributed by atoms with Gasteiger partial charge in [-0.2, -0.15) is 0 Å². The molecule has 0 radical (unpaired) electrons. The number of carbonyl (C=O) groups is 2. The highest BCUT2D eigenvalue weighted by Gasteiger charge is 2.32. The molecule has 1 aliphatic heterocycles. The molecule has 3 heterocycles. The molecule has 3 rings (SSSR count). The van der Waals surface area contributed by atoms with E-state index in [9.17, 15) is 23.1 Å². The van der Waals surface area contributed by atoms with E-state index in [2.05, 4.69) is 9.97 Å². The highest BCUT2D eigenvalue weighted by molar-refractivity contribution is 7.88. The van der Waals surface area contributed by atoms with E-state index in [0.29, 0.717) is 18.5 Å². The Morgan fingerprint density at radius 3 is 2.70 bits per heavy atom. The van der Waals surface area contributed by atoms with Gasteiger partial charge in [-0.1, -0.05) is 0 Å². The molecule has 2 aromatic heterocycles. The molecule has 1 saturated heterocycles. The largest absolute Gasteiger partial charge is 0.480 e. The maximum Gasteiger partial charge on any atom is 0.323 e. The molecule has 1 fully saturated rings. The molecule has 0 spiro atoms. The van der Waals surface area contributed by atoms with Gasteiger partial charge in [-0.25, -0.2) is 17.7 Å². The highest BCUT2D eigenvalue weighted by Crippen LogP contribution is 2.21. The lowest BCUT2D eigenvalue weighted by molar-refractivity contribution is -0.146. The molecule has 9 nitrogen and oxygen atoms in total. The number of nitrogens with one attached hydrogen (secondary N) is 1. The molecular weight excluding hydrogens is 372 g/mol. The Labute approximate surface area is 157 Å². The van der Waals surface area contributed by atoms with Crippen LogP contribution in [0.1, 0.15) is 18.4 Å². The molecule has 10 heteroatoms. The van der Waals surface area contributed by atoms with Gasteiger partial charge in [0.2, 0.25) is 15.9 Å². The molecule has 1 amide bonds. The van der Waals surface area contributed by atoms with Gasteiger partial charge in [0.1, 0.15) is 12.2 Å². The zero-order valence-corrected chi connectivity index (χ0v) is 15.8. The number of sulfonamides is 1. The number of hydrogen-bond acceptors (Lipinski definition) is 5. The van der Waals surface area contributed by atoms with Crippen LogP contribution in [0.25, 0.3) is 11.0 Å². The number of aromatic amines is 1. The topological polar surface area (TPSA) is 124 Å². The average molecular weight is 394 g/mol. The quantitative estimate of drug-likeness (QED) is 0.733. The summed E-state index contributed by atoms with van der Waals surface area (Å²) in [5.41, 5.74) is 1.43. The normalized spacial score (nSPS) is 16.5. The van der Waals surface area contributed by atoms with E-state index in [1.54, 1.807) is 18.5 Å². The maximum atomic E-state index is 12.9. The first-order valence-electron chi connectivity index (χ1n) is 8.63. The highest BCUT2D eigenvalue weighted by atomic mass is 32.2. The number of carbonyl (C=O) groups excluding carboxylic acids is 1. The Hall–Kier alpha value is -2.46. The number of nitrogens with zero attached hydrogens (tertiary/aromatic N) is 3. The summed E-state index contributed by atoms with van der Waals surface area (Å²) >= 11 is 0. The summed E-state index contributed by atoms with van der Waals surface area (Å²) in [7, 11) is -3.28. The van der Waals surface area contributed by atoms with Gasteiger partial charge < -0.3 is 15.0 Å². The number of carboxylic acids is 1. The van der Waals surface area contributed by atoms with E-state index >= 15 is 0 Å². The van der Waals surface area contributed by atoms with Crippen LogP contribution in [0.15, 0.2) is 24.5 Å². The molecule has 0 unspecified atom stereocenters. The lowest BCUT2D eigenvalue weighted by Gasteiger charge is -2.37. The van der Waals surface area contributed by atoms with E-state index in [4.69, 9.17) is 0 Å². The number of fused-ring (bicyclic) bond motifs is 1. The summed E-state index contributed by atoms with van der Waals surface area (Å²) in [6.45, 7) is 0.163. The van der Waals surface area contributed by atoms with Crippen molar-refractivity contribution in [3.63, 3.8) is 0 Å². The van der Waals surface area contributed by atoms with Gasteiger partial charge in [-0.05, 0) is 30.5 Å². The van der Waals surface area contributed by atoms with E-state index in [1.165, 1.54) is 9.21 Å². The van der Waals surface area contributed by atoms with Crippen molar-refractivity contribution >= 4 is 32.9 Å². The predicted octanol–water partition coefficient (Wildman–Crippen LogP) is 0.443. The number of aliphatic carboxylic acids is 1. The van der Waals surface area contributed by atoms with Gasteiger partial charge in [-0.15, -0.1) is 0 Å². The fourth-order valence-electron chi connectivity index (χ4n) is 3.48. The van der Waals surface area contributed by atoms with Gasteiger partial charge in [-0.3, -0.25) is 9.59 Å². The first kappa shape index (κ1) is 19.3. The molecule has 0 aliphatic carbocycles. The van der Waals surface area contributed by atoms with Crippen LogP contribution in [0.3, 0.4) is 0 Å². The van der Waals surface area contributed by atoms with E-state index in [-0.39, 0.29) is 31.5 Å². The Morgan fingerprint density at radius 1 is 1.37 bits per heavy atom. The summed E-state index contributed by atoms with van der Waals surface area (Å²) < 4.78 is 24.7. The number of hydrogen-bond donors (Lipinski definition) is 2. The first-order chi connectivity index (χ1) is 12.8. The number of amides is 1. The van der Waals surface area contributed by atoms with Crippen molar-refractivity contribution in [1.29, 1.82) is 0 Å². The number of rotatable bonds is 6. The van der Waals surface area contributed by atoms with Crippen LogP contribution < -0.4 is 0 Å². The van der Waals surface area contributed by atoms with Gasteiger partial charge in [0, 0.05) is 36.9 Å². The molecule has 0 aromatic carbocycles. The molecule has 2 aromatic rings. The second-order valence-electron chi connectivity index (χ2n) is 6.70. The standard InChI is InChI=1S/C17H22N4O5S/c1-27(25,26)20-7-4-13(5-8-20)21(11-16(23)24)15(22)9-12-10-19-17-14(12)3-2-6-18-17/h2-3,6,10,13H,4-5,7-9,11H2,1H3,(H,18,19)(H,23,24). The molecule has 0 atom stereocenters. The zero-order valence-electron chi connectivity index (χ0n) is 15.0. The van der Waals surface area contributed by atoms with Gasteiger partial charge in [0.25, 0.3) is 0 Å². The summed E-state index contributed by atoms with van der Waals surface area (Å²) in [5, 5.41) is 10.1. The molecule has 0 saturated carbocycles. The van der Waals surface area contributed by atoms with Crippen molar-refractivity contribution < 1.29 is 23.1 Å². The fraction of sp³-hybridized carbons (Fsp3) is 0.471. The van der Waals surface area contributed by atoms with Crippen molar-refractivity contribution in [3.8, 4) is 0 Å². The molecule has 2 N–H and O–H groups in total. The Morgan fingerprint density at radius 2 is 2.07 bits per heavy atom. The summed E-state index contributed by atoms with van der Waals surface area (Å²) in [6, 6.07) is 3.34. The lowest BCUT2D eigenvalue weighted by atomic mass is 10.0. The first-order valence-corrected chi connectivity index (χ1v) is 10.5. The van der Waals surface area contributed by atoms with Crippen LogP contribution in [-0.2, 0) is 26.0 Å². The second kappa shape index (κ2) is 7.65. The van der Waals surface area contributed by atoms with Crippen LogP contribution in [-0.4, -0.2) is 76.5 Å². The third-order valence-electron chi connectivity index (χ3n) is 4.84. The number of H-pyrrole nitrogens is 1. The average Bonchev–Trinajstić information content (AvgIpc) is 3.02.